The van der Waals surface area contributed by atoms with Gasteiger partial charge in [-0.3, -0.25) is 9.59 Å². The van der Waals surface area contributed by atoms with E-state index in [1.54, 1.807) is 12.1 Å². The van der Waals surface area contributed by atoms with E-state index in [1.807, 2.05) is 43.3 Å². The highest BCUT2D eigenvalue weighted by Crippen LogP contribution is 2.26. The van der Waals surface area contributed by atoms with Crippen molar-refractivity contribution < 1.29 is 9.59 Å². The fourth-order valence-electron chi connectivity index (χ4n) is 2.26. The van der Waals surface area contributed by atoms with Gasteiger partial charge in [0.2, 0.25) is 11.8 Å². The van der Waals surface area contributed by atoms with E-state index >= 15 is 0 Å². The van der Waals surface area contributed by atoms with Gasteiger partial charge in [0.1, 0.15) is 5.25 Å². The molecule has 1 aliphatic rings. The molecule has 3 rings (SSSR count). The predicted molar refractivity (Wildman–Crippen MR) is 102 cm³/mol. The van der Waals surface area contributed by atoms with Gasteiger partial charge >= 0.3 is 0 Å². The molecule has 0 saturated carbocycles. The van der Waals surface area contributed by atoms with Crippen LogP contribution >= 0.6 is 23.4 Å². The first kappa shape index (κ1) is 17.5. The van der Waals surface area contributed by atoms with Crippen LogP contribution in [0.25, 0.3) is 0 Å². The normalized spacial score (nSPS) is 18.2. The van der Waals surface area contributed by atoms with Crippen LogP contribution in [0.3, 0.4) is 0 Å². The van der Waals surface area contributed by atoms with Crippen molar-refractivity contribution >= 4 is 51.7 Å². The largest absolute Gasteiger partial charge is 0.326 e. The highest BCUT2D eigenvalue weighted by molar-refractivity contribution is 8.15. The predicted octanol–water partition coefficient (Wildman–Crippen LogP) is 3.90. The number of aliphatic imine (C=N–C) groups is 1. The number of nitrogens with one attached hydrogen (secondary N) is 2. The molecule has 1 atom stereocenters. The van der Waals surface area contributed by atoms with E-state index in [0.717, 1.165) is 11.3 Å². The molecule has 2 aromatic rings. The van der Waals surface area contributed by atoms with Gasteiger partial charge < -0.3 is 10.6 Å². The summed E-state index contributed by atoms with van der Waals surface area (Å²) in [5, 5.41) is 6.07. The van der Waals surface area contributed by atoms with Crippen molar-refractivity contribution in [1.82, 2.24) is 5.32 Å². The van der Waals surface area contributed by atoms with E-state index in [1.165, 1.54) is 11.8 Å². The third kappa shape index (κ3) is 4.61. The summed E-state index contributed by atoms with van der Waals surface area (Å²) in [6.07, 6.45) is 0.0653. The monoisotopic (exact) mass is 373 g/mol. The van der Waals surface area contributed by atoms with Gasteiger partial charge in [0.15, 0.2) is 5.17 Å². The minimum atomic E-state index is -0.497. The fourth-order valence-corrected chi connectivity index (χ4v) is 3.43. The van der Waals surface area contributed by atoms with Crippen LogP contribution in [0.4, 0.5) is 11.4 Å². The molecular formula is C18H16ClN3O2S. The maximum atomic E-state index is 12.2. The first-order valence-corrected chi connectivity index (χ1v) is 8.94. The number of carbonyl (C=O) groups excluding carboxylic acids is 2. The van der Waals surface area contributed by atoms with Crippen molar-refractivity contribution in [3.05, 3.63) is 59.1 Å². The van der Waals surface area contributed by atoms with Gasteiger partial charge in [-0.2, -0.15) is 0 Å². The molecule has 25 heavy (non-hydrogen) atoms. The molecule has 1 fully saturated rings. The average molecular weight is 374 g/mol. The van der Waals surface area contributed by atoms with Crippen LogP contribution in [-0.2, 0) is 9.59 Å². The Morgan fingerprint density at radius 3 is 2.76 bits per heavy atom. The topological polar surface area (TPSA) is 70.6 Å². The van der Waals surface area contributed by atoms with Gasteiger partial charge in [0, 0.05) is 17.1 Å². The third-order valence-electron chi connectivity index (χ3n) is 3.59. The molecule has 0 bridgehead atoms. The summed E-state index contributed by atoms with van der Waals surface area (Å²) in [7, 11) is 0. The van der Waals surface area contributed by atoms with E-state index in [-0.39, 0.29) is 18.2 Å². The molecule has 0 radical (unpaired) electrons. The Labute approximate surface area is 154 Å². The molecule has 1 aliphatic heterocycles. The molecule has 0 spiro atoms. The maximum absolute atomic E-state index is 12.2. The number of benzene rings is 2. The number of hydrogen-bond donors (Lipinski definition) is 2. The van der Waals surface area contributed by atoms with Crippen molar-refractivity contribution in [3.63, 3.8) is 0 Å². The second-order valence-electron chi connectivity index (χ2n) is 5.56. The molecule has 128 valence electrons. The molecule has 0 aromatic heterocycles. The second kappa shape index (κ2) is 7.72. The van der Waals surface area contributed by atoms with Gasteiger partial charge in [-0.15, -0.1) is 0 Å². The Hall–Kier alpha value is -2.31. The lowest BCUT2D eigenvalue weighted by molar-refractivity contribution is -0.122. The zero-order valence-corrected chi connectivity index (χ0v) is 15.0. The Kier molecular flexibility index (Phi) is 5.40. The van der Waals surface area contributed by atoms with Gasteiger partial charge in [-0.05, 0) is 36.8 Å². The summed E-state index contributed by atoms with van der Waals surface area (Å²) in [6, 6.07) is 14.6. The number of amidine groups is 1. The van der Waals surface area contributed by atoms with Crippen LogP contribution in [0, 0.1) is 6.92 Å². The molecule has 5 nitrogen and oxygen atoms in total. The minimum Gasteiger partial charge on any atom is -0.326 e. The molecule has 2 aromatic carbocycles. The van der Waals surface area contributed by atoms with E-state index in [9.17, 15) is 9.59 Å². The Balaban J connectivity index is 1.61. The van der Waals surface area contributed by atoms with Gasteiger partial charge in [0.25, 0.3) is 0 Å². The molecule has 1 heterocycles. The van der Waals surface area contributed by atoms with E-state index in [2.05, 4.69) is 15.6 Å². The van der Waals surface area contributed by atoms with Crippen LogP contribution < -0.4 is 10.6 Å². The van der Waals surface area contributed by atoms with Gasteiger partial charge in [-0.25, -0.2) is 4.99 Å². The van der Waals surface area contributed by atoms with Crippen molar-refractivity contribution in [3.8, 4) is 0 Å². The molecule has 7 heteroatoms. The van der Waals surface area contributed by atoms with Crippen molar-refractivity contribution in [2.75, 3.05) is 5.32 Å². The van der Waals surface area contributed by atoms with E-state index in [4.69, 9.17) is 11.6 Å². The lowest BCUT2D eigenvalue weighted by Crippen LogP contribution is -2.28. The third-order valence-corrected chi connectivity index (χ3v) is 5.08. The first-order valence-electron chi connectivity index (χ1n) is 7.68. The van der Waals surface area contributed by atoms with Crippen LogP contribution in [0.15, 0.2) is 53.5 Å². The number of thioether (sulfide) groups is 1. The zero-order chi connectivity index (χ0) is 17.8. The number of hydrogen-bond acceptors (Lipinski definition) is 4. The first-order chi connectivity index (χ1) is 12.0. The molecule has 0 aliphatic carbocycles. The van der Waals surface area contributed by atoms with Crippen molar-refractivity contribution in [2.24, 2.45) is 4.99 Å². The molecule has 1 saturated heterocycles. The second-order valence-corrected chi connectivity index (χ2v) is 7.16. The van der Waals surface area contributed by atoms with Gasteiger partial charge in [-0.1, -0.05) is 47.6 Å². The van der Waals surface area contributed by atoms with Crippen LogP contribution in [0.2, 0.25) is 5.02 Å². The van der Waals surface area contributed by atoms with Crippen LogP contribution in [0.5, 0.6) is 0 Å². The summed E-state index contributed by atoms with van der Waals surface area (Å²) in [4.78, 5) is 28.6. The number of amides is 2. The quantitative estimate of drug-likeness (QED) is 0.853. The highest BCUT2D eigenvalue weighted by Gasteiger charge is 2.32. The molecule has 2 N–H and O–H groups in total. The molecule has 2 amide bonds. The van der Waals surface area contributed by atoms with Crippen molar-refractivity contribution in [2.45, 2.75) is 18.6 Å². The van der Waals surface area contributed by atoms with E-state index in [0.29, 0.717) is 15.9 Å². The number of halogens is 1. The Morgan fingerprint density at radius 2 is 2.04 bits per heavy atom. The number of rotatable bonds is 4. The lowest BCUT2D eigenvalue weighted by Gasteiger charge is -2.08. The van der Waals surface area contributed by atoms with Crippen LogP contribution in [-0.4, -0.2) is 22.2 Å². The SMILES string of the molecule is Cc1ccc(NC(=O)C[C@@H]2SC(=Nc3ccccc3)NC2=O)cc1Cl. The fraction of sp³-hybridized carbons (Fsp3) is 0.167. The standard InChI is InChI=1S/C18H16ClN3O2S/c1-11-7-8-13(9-14(11)19)20-16(23)10-15-17(24)22-18(25-15)21-12-5-3-2-4-6-12/h2-9,15H,10H2,1H3,(H,20,23)(H,21,22,24)/t15-/m0/s1. The number of carbonyl (C=O) groups is 2. The van der Waals surface area contributed by atoms with Crippen molar-refractivity contribution in [1.29, 1.82) is 0 Å². The summed E-state index contributed by atoms with van der Waals surface area (Å²) in [5.41, 5.74) is 2.30. The number of aryl methyl sites for hydroxylation is 1. The average Bonchev–Trinajstić information content (AvgIpc) is 2.91. The van der Waals surface area contributed by atoms with E-state index < -0.39 is 5.25 Å². The Morgan fingerprint density at radius 1 is 1.28 bits per heavy atom. The van der Waals surface area contributed by atoms with Gasteiger partial charge in [0.05, 0.1) is 5.69 Å². The summed E-state index contributed by atoms with van der Waals surface area (Å²) in [6.45, 7) is 1.89. The molecular weight excluding hydrogens is 358 g/mol. The highest BCUT2D eigenvalue weighted by atomic mass is 35.5. The molecule has 0 unspecified atom stereocenters. The minimum absolute atomic E-state index is 0.0653. The zero-order valence-electron chi connectivity index (χ0n) is 13.5. The summed E-state index contributed by atoms with van der Waals surface area (Å²) in [5.74, 6) is -0.453. The summed E-state index contributed by atoms with van der Waals surface area (Å²) < 4.78 is 0. The lowest BCUT2D eigenvalue weighted by atomic mass is 10.2. The number of para-hydroxylation sites is 1. The smallest absolute Gasteiger partial charge is 0.240 e. The number of anilines is 1. The number of nitrogens with zero attached hydrogens (tertiary/aromatic N) is 1. The Bertz CT molecular complexity index is 839. The maximum Gasteiger partial charge on any atom is 0.240 e. The van der Waals surface area contributed by atoms with Crippen LogP contribution in [0.1, 0.15) is 12.0 Å². The summed E-state index contributed by atoms with van der Waals surface area (Å²) >= 11 is 7.31.